The molecule has 4 saturated carbocycles. The molecule has 4 aliphatic carbocycles. The van der Waals surface area contributed by atoms with Crippen LogP contribution in [0.4, 0.5) is 0 Å². The second kappa shape index (κ2) is 4.22. The Morgan fingerprint density at radius 2 is 1.56 bits per heavy atom. The predicted molar refractivity (Wildman–Crippen MR) is 74.4 cm³/mol. The Morgan fingerprint density at radius 3 is 2.17 bits per heavy atom. The molecule has 4 rings (SSSR count). The maximum atomic E-state index is 12.4. The minimum absolute atomic E-state index is 0.402. The van der Waals surface area contributed by atoms with Gasteiger partial charge in [0.2, 0.25) is 5.91 Å². The van der Waals surface area contributed by atoms with Crippen molar-refractivity contribution < 1.29 is 4.79 Å². The molecule has 1 N–H and O–H groups in total. The van der Waals surface area contributed by atoms with Crippen molar-refractivity contribution in [2.75, 3.05) is 0 Å². The molecule has 3 heteroatoms. The number of amides is 1. The van der Waals surface area contributed by atoms with Gasteiger partial charge in [0.25, 0.3) is 0 Å². The molecule has 0 radical (unpaired) electrons. The minimum Gasteiger partial charge on any atom is -0.353 e. The summed E-state index contributed by atoms with van der Waals surface area (Å²) in [4.78, 5) is 13.0. The monoisotopic (exact) mass is 311 g/mol. The quantitative estimate of drug-likeness (QED) is 0.780. The lowest BCUT2D eigenvalue weighted by Gasteiger charge is -2.26. The Morgan fingerprint density at radius 1 is 0.944 bits per heavy atom. The average molecular weight is 312 g/mol. The molecule has 0 aromatic heterocycles. The maximum Gasteiger partial charge on any atom is 0.223 e. The first-order valence-corrected chi connectivity index (χ1v) is 8.60. The van der Waals surface area contributed by atoms with Gasteiger partial charge in [-0.05, 0) is 68.6 Å². The van der Waals surface area contributed by atoms with Crippen LogP contribution >= 0.6 is 15.9 Å². The van der Waals surface area contributed by atoms with Crippen LogP contribution in [0.15, 0.2) is 0 Å². The summed E-state index contributed by atoms with van der Waals surface area (Å²) in [6.45, 7) is 0. The Kier molecular flexibility index (Phi) is 2.76. The number of carbonyl (C=O) groups is 1. The third-order valence-corrected chi connectivity index (χ3v) is 6.96. The molecular weight excluding hydrogens is 290 g/mol. The van der Waals surface area contributed by atoms with Gasteiger partial charge in [0.15, 0.2) is 0 Å². The molecule has 18 heavy (non-hydrogen) atoms. The molecular formula is C15H22BrNO. The van der Waals surface area contributed by atoms with E-state index < -0.39 is 0 Å². The second-order valence-electron chi connectivity index (χ2n) is 6.97. The third-order valence-electron chi connectivity index (χ3n) is 6.04. The zero-order chi connectivity index (χ0) is 12.3. The number of carbonyl (C=O) groups excluding carboxylic acids is 1. The van der Waals surface area contributed by atoms with Crippen molar-refractivity contribution in [2.45, 2.75) is 55.8 Å². The number of hydrogen-bond acceptors (Lipinski definition) is 1. The van der Waals surface area contributed by atoms with E-state index in [1.54, 1.807) is 0 Å². The highest BCUT2D eigenvalue weighted by Gasteiger charge is 2.67. The molecule has 2 bridgehead atoms. The van der Waals surface area contributed by atoms with Gasteiger partial charge < -0.3 is 5.32 Å². The lowest BCUT2D eigenvalue weighted by atomic mass is 9.94. The highest BCUT2D eigenvalue weighted by molar-refractivity contribution is 9.09. The molecule has 4 aliphatic rings. The van der Waals surface area contributed by atoms with Gasteiger partial charge in [0.05, 0.1) is 0 Å². The first-order chi connectivity index (χ1) is 8.74. The zero-order valence-electron chi connectivity index (χ0n) is 10.8. The molecule has 0 aromatic carbocycles. The fourth-order valence-corrected chi connectivity index (χ4v) is 5.70. The van der Waals surface area contributed by atoms with Gasteiger partial charge in [-0.3, -0.25) is 4.79 Å². The maximum absolute atomic E-state index is 12.4. The Labute approximate surface area is 117 Å². The molecule has 100 valence electrons. The molecule has 1 amide bonds. The fourth-order valence-electron chi connectivity index (χ4n) is 5.17. The fraction of sp³-hybridized carbons (Fsp3) is 0.933. The van der Waals surface area contributed by atoms with Crippen molar-refractivity contribution in [3.8, 4) is 0 Å². The van der Waals surface area contributed by atoms with Gasteiger partial charge in [-0.2, -0.15) is 0 Å². The Balaban J connectivity index is 1.33. The van der Waals surface area contributed by atoms with Crippen LogP contribution in [0.25, 0.3) is 0 Å². The van der Waals surface area contributed by atoms with Crippen LogP contribution in [0, 0.1) is 29.6 Å². The van der Waals surface area contributed by atoms with E-state index in [4.69, 9.17) is 0 Å². The van der Waals surface area contributed by atoms with Crippen LogP contribution < -0.4 is 5.32 Å². The lowest BCUT2D eigenvalue weighted by molar-refractivity contribution is -0.124. The number of halogens is 1. The van der Waals surface area contributed by atoms with E-state index in [2.05, 4.69) is 21.2 Å². The van der Waals surface area contributed by atoms with Gasteiger partial charge in [0, 0.05) is 16.8 Å². The van der Waals surface area contributed by atoms with Gasteiger partial charge in [0.1, 0.15) is 0 Å². The number of rotatable bonds is 2. The van der Waals surface area contributed by atoms with Crippen LogP contribution in [-0.4, -0.2) is 16.8 Å². The van der Waals surface area contributed by atoms with Crippen molar-refractivity contribution in [3.63, 3.8) is 0 Å². The molecule has 4 unspecified atom stereocenters. The third kappa shape index (κ3) is 1.76. The van der Waals surface area contributed by atoms with E-state index in [9.17, 15) is 4.79 Å². The molecule has 0 saturated heterocycles. The van der Waals surface area contributed by atoms with Crippen LogP contribution in [0.5, 0.6) is 0 Å². The van der Waals surface area contributed by atoms with E-state index in [-0.39, 0.29) is 0 Å². The summed E-state index contributed by atoms with van der Waals surface area (Å²) in [7, 11) is 0. The zero-order valence-corrected chi connectivity index (χ0v) is 12.4. The standard InChI is InChI=1S/C15H22BrNO/c16-10-3-5-11(6-4-10)17-15(18)14-12-8-1-2-9(7-8)13(12)14/h8-14H,1-7H2,(H,17,18). The van der Waals surface area contributed by atoms with Gasteiger partial charge in [-0.1, -0.05) is 15.9 Å². The van der Waals surface area contributed by atoms with Crippen LogP contribution in [0.2, 0.25) is 0 Å². The summed E-state index contributed by atoms with van der Waals surface area (Å²) in [5.41, 5.74) is 0. The largest absolute Gasteiger partial charge is 0.353 e. The molecule has 0 aliphatic heterocycles. The second-order valence-corrected chi connectivity index (χ2v) is 8.27. The first kappa shape index (κ1) is 11.7. The topological polar surface area (TPSA) is 29.1 Å². The van der Waals surface area contributed by atoms with Crippen LogP contribution in [0.3, 0.4) is 0 Å². The van der Waals surface area contributed by atoms with Crippen LogP contribution in [0.1, 0.15) is 44.9 Å². The molecule has 4 atom stereocenters. The minimum atomic E-state index is 0.402. The molecule has 2 nitrogen and oxygen atoms in total. The number of fused-ring (bicyclic) bond motifs is 5. The smallest absolute Gasteiger partial charge is 0.223 e. The summed E-state index contributed by atoms with van der Waals surface area (Å²) in [6, 6.07) is 0.463. The number of hydrogen-bond donors (Lipinski definition) is 1. The first-order valence-electron chi connectivity index (χ1n) is 7.68. The Bertz CT molecular complexity index is 348. The molecule has 4 fully saturated rings. The Hall–Kier alpha value is -0.0500. The van der Waals surface area contributed by atoms with Crippen molar-refractivity contribution in [3.05, 3.63) is 0 Å². The van der Waals surface area contributed by atoms with E-state index in [0.29, 0.717) is 22.7 Å². The summed E-state index contributed by atoms with van der Waals surface area (Å²) >= 11 is 3.67. The lowest BCUT2D eigenvalue weighted by Crippen LogP contribution is -2.39. The van der Waals surface area contributed by atoms with Gasteiger partial charge in [-0.25, -0.2) is 0 Å². The number of nitrogens with one attached hydrogen (secondary N) is 1. The van der Waals surface area contributed by atoms with Gasteiger partial charge in [-0.15, -0.1) is 0 Å². The van der Waals surface area contributed by atoms with Crippen molar-refractivity contribution >= 4 is 21.8 Å². The van der Waals surface area contributed by atoms with Crippen molar-refractivity contribution in [2.24, 2.45) is 29.6 Å². The molecule has 0 aromatic rings. The predicted octanol–water partition coefficient (Wildman–Crippen LogP) is 3.10. The summed E-state index contributed by atoms with van der Waals surface area (Å²) in [6.07, 6.45) is 9.01. The molecule has 0 heterocycles. The number of alkyl halides is 1. The summed E-state index contributed by atoms with van der Waals surface area (Å²) < 4.78 is 0. The highest BCUT2D eigenvalue weighted by Crippen LogP contribution is 2.69. The van der Waals surface area contributed by atoms with Crippen molar-refractivity contribution in [1.29, 1.82) is 0 Å². The summed E-state index contributed by atoms with van der Waals surface area (Å²) in [5.74, 6) is 4.22. The highest BCUT2D eigenvalue weighted by atomic mass is 79.9. The van der Waals surface area contributed by atoms with E-state index in [0.717, 1.165) is 36.5 Å². The van der Waals surface area contributed by atoms with Gasteiger partial charge >= 0.3 is 0 Å². The summed E-state index contributed by atoms with van der Waals surface area (Å²) in [5, 5.41) is 3.34. The SMILES string of the molecule is O=C(NC1CCC(Br)CC1)C1C2C3CCC(C3)C12. The average Bonchev–Trinajstić information content (AvgIpc) is 2.82. The van der Waals surface area contributed by atoms with Crippen molar-refractivity contribution in [1.82, 2.24) is 5.32 Å². The van der Waals surface area contributed by atoms with Crippen LogP contribution in [-0.2, 0) is 4.79 Å². The van der Waals surface area contributed by atoms with E-state index in [1.807, 2.05) is 0 Å². The van der Waals surface area contributed by atoms with E-state index in [1.165, 1.54) is 32.1 Å². The molecule has 0 spiro atoms. The van der Waals surface area contributed by atoms with E-state index >= 15 is 0 Å². The normalized spacial score (nSPS) is 53.1.